The van der Waals surface area contributed by atoms with Crippen LogP contribution in [-0.2, 0) is 12.8 Å². The molecule has 0 amide bonds. The van der Waals surface area contributed by atoms with Gasteiger partial charge in [0.15, 0.2) is 0 Å². The van der Waals surface area contributed by atoms with Crippen LogP contribution in [-0.4, -0.2) is 4.98 Å². The Balaban J connectivity index is 2.02. The molecule has 0 unspecified atom stereocenters. The molecule has 1 aromatic carbocycles. The van der Waals surface area contributed by atoms with Crippen molar-refractivity contribution in [3.05, 3.63) is 51.1 Å². The molecular weight excluding hydrogens is 316 g/mol. The first-order chi connectivity index (χ1) is 9.67. The van der Waals surface area contributed by atoms with Crippen LogP contribution in [0.3, 0.4) is 0 Å². The van der Waals surface area contributed by atoms with Crippen molar-refractivity contribution in [2.24, 2.45) is 0 Å². The third-order valence-corrected chi connectivity index (χ3v) is 3.99. The number of benzene rings is 1. The first kappa shape index (κ1) is 13.1. The zero-order valence-corrected chi connectivity index (χ0v) is 12.7. The monoisotopic (exact) mass is 328 g/mol. The topological polar surface area (TPSA) is 45.9 Å². The summed E-state index contributed by atoms with van der Waals surface area (Å²) in [4.78, 5) is 4.53. The summed E-state index contributed by atoms with van der Waals surface area (Å²) in [5, 5.41) is 9.27. The molecule has 0 fully saturated rings. The van der Waals surface area contributed by atoms with Crippen molar-refractivity contribution in [2.45, 2.75) is 26.2 Å². The van der Waals surface area contributed by atoms with Gasteiger partial charge in [-0.15, -0.1) is 0 Å². The van der Waals surface area contributed by atoms with E-state index in [0.717, 1.165) is 40.7 Å². The lowest BCUT2D eigenvalue weighted by Crippen LogP contribution is -1.98. The molecule has 1 aromatic heterocycles. The van der Waals surface area contributed by atoms with Crippen molar-refractivity contribution in [2.75, 3.05) is 0 Å². The van der Waals surface area contributed by atoms with Crippen LogP contribution >= 0.6 is 15.9 Å². The van der Waals surface area contributed by atoms with Crippen LogP contribution < -0.4 is 4.74 Å². The Kier molecular flexibility index (Phi) is 3.45. The van der Waals surface area contributed by atoms with Gasteiger partial charge in [0.05, 0.1) is 0 Å². The van der Waals surface area contributed by atoms with E-state index in [9.17, 15) is 5.26 Å². The van der Waals surface area contributed by atoms with E-state index in [1.54, 1.807) is 0 Å². The van der Waals surface area contributed by atoms with Crippen LogP contribution in [0.2, 0.25) is 0 Å². The number of ether oxygens (including phenoxy) is 1. The summed E-state index contributed by atoms with van der Waals surface area (Å²) in [5.41, 5.74) is 3.76. The van der Waals surface area contributed by atoms with Crippen molar-refractivity contribution in [3.63, 3.8) is 0 Å². The van der Waals surface area contributed by atoms with Gasteiger partial charge < -0.3 is 4.74 Å². The zero-order valence-electron chi connectivity index (χ0n) is 11.1. The maximum atomic E-state index is 9.27. The third kappa shape index (κ3) is 2.41. The molecule has 0 atom stereocenters. The van der Waals surface area contributed by atoms with Crippen LogP contribution in [0.1, 0.15) is 28.8 Å². The minimum atomic E-state index is 0.411. The number of halogens is 1. The smallest absolute Gasteiger partial charge is 0.237 e. The van der Waals surface area contributed by atoms with Gasteiger partial charge in [0, 0.05) is 10.2 Å². The molecule has 0 aliphatic heterocycles. The lowest BCUT2D eigenvalue weighted by atomic mass is 10.1. The van der Waals surface area contributed by atoms with E-state index in [1.807, 2.05) is 31.2 Å². The number of rotatable bonds is 2. The summed E-state index contributed by atoms with van der Waals surface area (Å²) in [6.07, 6.45) is 3.08. The lowest BCUT2D eigenvalue weighted by Gasteiger charge is -2.11. The molecule has 4 heteroatoms. The van der Waals surface area contributed by atoms with Crippen molar-refractivity contribution < 1.29 is 4.74 Å². The molecule has 0 radical (unpaired) electrons. The molecule has 3 rings (SSSR count). The Morgan fingerprint density at radius 1 is 1.30 bits per heavy atom. The van der Waals surface area contributed by atoms with Gasteiger partial charge in [-0.1, -0.05) is 22.0 Å². The average Bonchev–Trinajstić information content (AvgIpc) is 2.89. The molecule has 1 heterocycles. The van der Waals surface area contributed by atoms with E-state index in [-0.39, 0.29) is 0 Å². The zero-order chi connectivity index (χ0) is 14.1. The largest absolute Gasteiger partial charge is 0.437 e. The Hall–Kier alpha value is -1.86. The highest BCUT2D eigenvalue weighted by atomic mass is 79.9. The molecule has 0 N–H and O–H groups in total. The van der Waals surface area contributed by atoms with Crippen LogP contribution in [0.25, 0.3) is 0 Å². The Morgan fingerprint density at radius 2 is 2.15 bits per heavy atom. The lowest BCUT2D eigenvalue weighted by molar-refractivity contribution is 0.455. The van der Waals surface area contributed by atoms with Gasteiger partial charge in [0.25, 0.3) is 0 Å². The van der Waals surface area contributed by atoms with E-state index < -0.39 is 0 Å². The first-order valence-corrected chi connectivity index (χ1v) is 7.33. The van der Waals surface area contributed by atoms with E-state index >= 15 is 0 Å². The van der Waals surface area contributed by atoms with Crippen LogP contribution in [0, 0.1) is 18.3 Å². The normalized spacial score (nSPS) is 12.8. The molecule has 0 bridgehead atoms. The van der Waals surface area contributed by atoms with Crippen molar-refractivity contribution in [3.8, 4) is 17.7 Å². The Bertz CT molecular complexity index is 719. The number of aromatic nitrogens is 1. The molecule has 0 spiro atoms. The third-order valence-electron chi connectivity index (χ3n) is 3.49. The summed E-state index contributed by atoms with van der Waals surface area (Å²) >= 11 is 3.43. The van der Waals surface area contributed by atoms with Crippen LogP contribution in [0.4, 0.5) is 0 Å². The number of hydrogen-bond donors (Lipinski definition) is 0. The quantitative estimate of drug-likeness (QED) is 0.825. The molecular formula is C16H13BrN2O. The highest BCUT2D eigenvalue weighted by Gasteiger charge is 2.18. The molecule has 0 saturated carbocycles. The summed E-state index contributed by atoms with van der Waals surface area (Å²) in [6, 6.07) is 9.92. The number of pyridine rings is 1. The average molecular weight is 329 g/mol. The molecule has 100 valence electrons. The Morgan fingerprint density at radius 3 is 2.95 bits per heavy atom. The number of nitriles is 1. The second-order valence-electron chi connectivity index (χ2n) is 4.92. The van der Waals surface area contributed by atoms with Gasteiger partial charge in [-0.05, 0) is 55.5 Å². The number of nitrogens with zero attached hydrogens (tertiary/aromatic N) is 2. The maximum Gasteiger partial charge on any atom is 0.237 e. The standard InChI is InChI=1S/C16H13BrN2O/c1-10-5-6-13(17)8-15(10)20-16-12(9-18)7-11-3-2-4-14(11)19-16/h5-8H,2-4H2,1H3. The molecule has 20 heavy (non-hydrogen) atoms. The minimum absolute atomic E-state index is 0.411. The fraction of sp³-hybridized carbons (Fsp3) is 0.250. The van der Waals surface area contributed by atoms with Gasteiger partial charge in [-0.2, -0.15) is 5.26 Å². The Labute approximate surface area is 126 Å². The minimum Gasteiger partial charge on any atom is -0.437 e. The fourth-order valence-corrected chi connectivity index (χ4v) is 2.74. The summed E-state index contributed by atoms with van der Waals surface area (Å²) in [5.74, 6) is 1.13. The predicted octanol–water partition coefficient (Wildman–Crippen LogP) is 4.31. The summed E-state index contributed by atoms with van der Waals surface area (Å²) in [7, 11) is 0. The van der Waals surface area contributed by atoms with Gasteiger partial charge in [0.2, 0.25) is 5.88 Å². The number of fused-ring (bicyclic) bond motifs is 1. The number of aryl methyl sites for hydroxylation is 3. The molecule has 1 aliphatic carbocycles. The number of hydrogen-bond acceptors (Lipinski definition) is 3. The van der Waals surface area contributed by atoms with Crippen molar-refractivity contribution in [1.29, 1.82) is 5.26 Å². The SMILES string of the molecule is Cc1ccc(Br)cc1Oc1nc2c(cc1C#N)CCC2. The first-order valence-electron chi connectivity index (χ1n) is 6.54. The second-order valence-corrected chi connectivity index (χ2v) is 5.84. The van der Waals surface area contributed by atoms with Gasteiger partial charge in [-0.3, -0.25) is 0 Å². The van der Waals surface area contributed by atoms with E-state index in [1.165, 1.54) is 5.56 Å². The van der Waals surface area contributed by atoms with E-state index in [2.05, 4.69) is 27.0 Å². The molecule has 3 nitrogen and oxygen atoms in total. The van der Waals surface area contributed by atoms with Crippen LogP contribution in [0.15, 0.2) is 28.7 Å². The molecule has 0 saturated heterocycles. The van der Waals surface area contributed by atoms with Gasteiger partial charge in [0.1, 0.15) is 17.4 Å². The second kappa shape index (κ2) is 5.26. The van der Waals surface area contributed by atoms with Gasteiger partial charge >= 0.3 is 0 Å². The molecule has 2 aromatic rings. The van der Waals surface area contributed by atoms with Crippen molar-refractivity contribution >= 4 is 15.9 Å². The highest BCUT2D eigenvalue weighted by Crippen LogP contribution is 2.31. The fourth-order valence-electron chi connectivity index (χ4n) is 2.40. The maximum absolute atomic E-state index is 9.27. The van der Waals surface area contributed by atoms with Crippen LogP contribution in [0.5, 0.6) is 11.6 Å². The molecule has 1 aliphatic rings. The summed E-state index contributed by atoms with van der Waals surface area (Å²) < 4.78 is 6.82. The highest BCUT2D eigenvalue weighted by molar-refractivity contribution is 9.10. The van der Waals surface area contributed by atoms with Gasteiger partial charge in [-0.25, -0.2) is 4.98 Å². The predicted molar refractivity (Wildman–Crippen MR) is 79.9 cm³/mol. The van der Waals surface area contributed by atoms with E-state index in [0.29, 0.717) is 11.4 Å². The van der Waals surface area contributed by atoms with E-state index in [4.69, 9.17) is 4.74 Å². The van der Waals surface area contributed by atoms with Crippen molar-refractivity contribution in [1.82, 2.24) is 4.98 Å². The summed E-state index contributed by atoms with van der Waals surface area (Å²) in [6.45, 7) is 1.97.